The number of unbranched alkanes of at least 4 members (excludes halogenated alkanes) is 3. The molecule has 0 radical (unpaired) electrons. The van der Waals surface area contributed by atoms with Crippen LogP contribution in [0.25, 0.3) is 10.8 Å². The van der Waals surface area contributed by atoms with E-state index < -0.39 is 23.8 Å². The highest BCUT2D eigenvalue weighted by Gasteiger charge is 2.37. The molecule has 0 heterocycles. The summed E-state index contributed by atoms with van der Waals surface area (Å²) in [6.07, 6.45) is 3.52. The molecule has 0 saturated heterocycles. The minimum absolute atomic E-state index is 0.117. The summed E-state index contributed by atoms with van der Waals surface area (Å²) in [6.45, 7) is 15.9. The van der Waals surface area contributed by atoms with Crippen molar-refractivity contribution < 1.29 is 19.1 Å². The van der Waals surface area contributed by atoms with Crippen molar-refractivity contribution in [2.45, 2.75) is 105 Å². The lowest BCUT2D eigenvalue weighted by Crippen LogP contribution is -2.53. The Balaban J connectivity index is 2.08. The largest absolute Gasteiger partial charge is 0.444 e. The van der Waals surface area contributed by atoms with Gasteiger partial charge in [0.05, 0.1) is 0 Å². The summed E-state index contributed by atoms with van der Waals surface area (Å²) in [7, 11) is 0. The smallest absolute Gasteiger partial charge is 0.408 e. The van der Waals surface area contributed by atoms with Crippen LogP contribution in [0.1, 0.15) is 96.4 Å². The zero-order valence-electron chi connectivity index (χ0n) is 27.8. The molecule has 7 heteroatoms. The van der Waals surface area contributed by atoms with Crippen molar-refractivity contribution in [2.75, 3.05) is 11.9 Å². The normalized spacial score (nSPS) is 12.9. The molecule has 0 aliphatic rings. The van der Waals surface area contributed by atoms with Crippen molar-refractivity contribution >= 4 is 34.4 Å². The van der Waals surface area contributed by atoms with Gasteiger partial charge in [-0.25, -0.2) is 4.79 Å². The van der Waals surface area contributed by atoms with Gasteiger partial charge >= 0.3 is 6.09 Å². The van der Waals surface area contributed by atoms with E-state index in [4.69, 9.17) is 4.74 Å². The van der Waals surface area contributed by atoms with E-state index in [9.17, 15) is 14.4 Å². The average Bonchev–Trinajstić information content (AvgIpc) is 2.94. The summed E-state index contributed by atoms with van der Waals surface area (Å²) in [5.41, 5.74) is 2.71. The number of benzene rings is 3. The van der Waals surface area contributed by atoms with Crippen molar-refractivity contribution in [3.8, 4) is 0 Å². The van der Waals surface area contributed by atoms with Crippen LogP contribution in [0.15, 0.2) is 60.7 Å². The molecular formula is C37H51N3O4. The molecule has 44 heavy (non-hydrogen) atoms. The predicted molar refractivity (Wildman–Crippen MR) is 180 cm³/mol. The van der Waals surface area contributed by atoms with E-state index in [0.717, 1.165) is 53.1 Å². The minimum atomic E-state index is -0.898. The number of hydrogen-bond donors (Lipinski definition) is 2. The van der Waals surface area contributed by atoms with E-state index in [1.807, 2.05) is 88.4 Å². The fourth-order valence-electron chi connectivity index (χ4n) is 5.42. The number of nitrogens with zero attached hydrogens (tertiary/aromatic N) is 1. The average molecular weight is 602 g/mol. The van der Waals surface area contributed by atoms with Gasteiger partial charge in [0.1, 0.15) is 17.7 Å². The maximum absolute atomic E-state index is 14.6. The second-order valence-electron chi connectivity index (χ2n) is 13.2. The van der Waals surface area contributed by atoms with Gasteiger partial charge in [0.2, 0.25) is 5.91 Å². The van der Waals surface area contributed by atoms with Crippen molar-refractivity contribution in [3.05, 3.63) is 77.4 Å². The number of amides is 3. The molecule has 0 aliphatic carbocycles. The Morgan fingerprint density at radius 2 is 1.59 bits per heavy atom. The number of fused-ring (bicyclic) bond motifs is 1. The Kier molecular flexibility index (Phi) is 12.4. The first-order valence-corrected chi connectivity index (χ1v) is 16.0. The first-order chi connectivity index (χ1) is 20.8. The molecule has 3 rings (SSSR count). The number of alkyl carbamates (subject to hydrolysis) is 1. The van der Waals surface area contributed by atoms with E-state index in [2.05, 4.69) is 17.6 Å². The maximum atomic E-state index is 14.6. The van der Waals surface area contributed by atoms with Crippen LogP contribution in [0, 0.1) is 19.8 Å². The third-order valence-corrected chi connectivity index (χ3v) is 7.75. The van der Waals surface area contributed by atoms with Crippen molar-refractivity contribution in [2.24, 2.45) is 5.92 Å². The van der Waals surface area contributed by atoms with Gasteiger partial charge in [0, 0.05) is 12.2 Å². The van der Waals surface area contributed by atoms with Gasteiger partial charge in [0.25, 0.3) is 5.91 Å². The molecule has 0 aliphatic heterocycles. The number of aryl methyl sites for hydroxylation is 1. The molecule has 2 N–H and O–H groups in total. The summed E-state index contributed by atoms with van der Waals surface area (Å²) in [4.78, 5) is 43.5. The van der Waals surface area contributed by atoms with E-state index >= 15 is 0 Å². The highest BCUT2D eigenvalue weighted by molar-refractivity contribution is 6.00. The molecule has 7 nitrogen and oxygen atoms in total. The van der Waals surface area contributed by atoms with Crippen molar-refractivity contribution in [1.82, 2.24) is 10.2 Å². The Morgan fingerprint density at radius 3 is 2.25 bits per heavy atom. The topological polar surface area (TPSA) is 87.7 Å². The molecule has 2 atom stereocenters. The summed E-state index contributed by atoms with van der Waals surface area (Å²) >= 11 is 0. The third kappa shape index (κ3) is 9.83. The number of hydrogen-bond acceptors (Lipinski definition) is 4. The Bertz CT molecular complexity index is 1430. The fraction of sp³-hybridized carbons (Fsp3) is 0.486. The van der Waals surface area contributed by atoms with Crippen LogP contribution in [-0.2, 0) is 14.3 Å². The quantitative estimate of drug-likeness (QED) is 0.192. The molecular weight excluding hydrogens is 550 g/mol. The highest BCUT2D eigenvalue weighted by Crippen LogP contribution is 2.30. The van der Waals surface area contributed by atoms with E-state index in [0.29, 0.717) is 18.7 Å². The van der Waals surface area contributed by atoms with Gasteiger partial charge < -0.3 is 20.3 Å². The molecule has 0 aromatic heterocycles. The number of anilines is 1. The van der Waals surface area contributed by atoms with E-state index in [1.165, 1.54) is 0 Å². The zero-order valence-corrected chi connectivity index (χ0v) is 27.8. The lowest BCUT2D eigenvalue weighted by Gasteiger charge is -2.36. The summed E-state index contributed by atoms with van der Waals surface area (Å²) in [6, 6.07) is 17.9. The minimum Gasteiger partial charge on any atom is -0.444 e. The standard InChI is InChI=1S/C37H51N3O4/c1-9-10-11-14-22-40(35(42)32(23-25(2)3)39-36(43)44-37(6,7)8)33(31-19-15-16-26(4)27(31)5)34(41)38-30-21-20-28-17-12-13-18-29(28)24-30/h12-13,15-21,24-25,32-33H,9-11,14,22-23H2,1-8H3,(H,38,41)(H,39,43). The Morgan fingerprint density at radius 1 is 0.886 bits per heavy atom. The summed E-state index contributed by atoms with van der Waals surface area (Å²) in [5, 5.41) is 8.06. The molecule has 0 fully saturated rings. The molecule has 2 unspecified atom stereocenters. The number of carbonyl (C=O) groups excluding carboxylic acids is 3. The molecule has 0 saturated carbocycles. The van der Waals surface area contributed by atoms with Gasteiger partial charge in [-0.2, -0.15) is 0 Å². The lowest BCUT2D eigenvalue weighted by atomic mass is 9.94. The Labute approximate surface area is 263 Å². The number of rotatable bonds is 13. The van der Waals surface area contributed by atoms with E-state index in [-0.39, 0.29) is 17.7 Å². The van der Waals surface area contributed by atoms with Gasteiger partial charge in [-0.05, 0) is 93.0 Å². The van der Waals surface area contributed by atoms with Crippen LogP contribution < -0.4 is 10.6 Å². The van der Waals surface area contributed by atoms with Crippen molar-refractivity contribution in [1.29, 1.82) is 0 Å². The highest BCUT2D eigenvalue weighted by atomic mass is 16.6. The van der Waals surface area contributed by atoms with E-state index in [1.54, 1.807) is 25.7 Å². The number of ether oxygens (including phenoxy) is 1. The first kappa shape index (κ1) is 34.6. The summed E-state index contributed by atoms with van der Waals surface area (Å²) in [5.74, 6) is -0.467. The monoisotopic (exact) mass is 601 g/mol. The van der Waals surface area contributed by atoms with Crippen LogP contribution in [0.4, 0.5) is 10.5 Å². The molecule has 3 aromatic rings. The molecule has 3 aromatic carbocycles. The van der Waals surface area contributed by atoms with Gasteiger partial charge in [0.15, 0.2) is 0 Å². The lowest BCUT2D eigenvalue weighted by molar-refractivity contribution is -0.141. The zero-order chi connectivity index (χ0) is 32.4. The van der Waals surface area contributed by atoms with Crippen LogP contribution in [-0.4, -0.2) is 41.0 Å². The summed E-state index contributed by atoms with van der Waals surface area (Å²) < 4.78 is 5.53. The fourth-order valence-corrected chi connectivity index (χ4v) is 5.42. The molecule has 3 amide bonds. The molecule has 0 spiro atoms. The maximum Gasteiger partial charge on any atom is 0.408 e. The van der Waals surface area contributed by atoms with Gasteiger partial charge in [-0.1, -0.05) is 88.6 Å². The van der Waals surface area contributed by atoms with Crippen molar-refractivity contribution in [3.63, 3.8) is 0 Å². The van der Waals surface area contributed by atoms with Gasteiger partial charge in [-0.15, -0.1) is 0 Å². The number of carbonyl (C=O) groups is 3. The van der Waals surface area contributed by atoms with Crippen LogP contribution in [0.5, 0.6) is 0 Å². The van der Waals surface area contributed by atoms with Crippen LogP contribution in [0.3, 0.4) is 0 Å². The predicted octanol–water partition coefficient (Wildman–Crippen LogP) is 8.48. The molecule has 238 valence electrons. The third-order valence-electron chi connectivity index (χ3n) is 7.75. The van der Waals surface area contributed by atoms with Gasteiger partial charge in [-0.3, -0.25) is 9.59 Å². The van der Waals surface area contributed by atoms with Crippen LogP contribution in [0.2, 0.25) is 0 Å². The second kappa shape index (κ2) is 15.7. The SMILES string of the molecule is CCCCCCN(C(=O)C(CC(C)C)NC(=O)OC(C)(C)C)C(C(=O)Nc1ccc2ccccc2c1)c1cccc(C)c1C. The van der Waals surface area contributed by atoms with Crippen LogP contribution >= 0.6 is 0 Å². The number of nitrogens with one attached hydrogen (secondary N) is 2. The molecule has 0 bridgehead atoms. The second-order valence-corrected chi connectivity index (χ2v) is 13.2. The Hall–Kier alpha value is -3.87. The first-order valence-electron chi connectivity index (χ1n) is 16.0.